The minimum absolute atomic E-state index is 0.715. The Morgan fingerprint density at radius 1 is 1.06 bits per heavy atom. The van der Waals surface area contributed by atoms with Crippen molar-refractivity contribution in [2.45, 2.75) is 0 Å². The van der Waals surface area contributed by atoms with Crippen LogP contribution in [0.15, 0.2) is 53.9 Å². The Labute approximate surface area is 99.4 Å². The Hall–Kier alpha value is -2.60. The number of rotatable bonds is 1. The van der Waals surface area contributed by atoms with Crippen LogP contribution in [-0.2, 0) is 0 Å². The van der Waals surface area contributed by atoms with Gasteiger partial charge < -0.3 is 5.21 Å². The average Bonchev–Trinajstić information content (AvgIpc) is 2.39. The van der Waals surface area contributed by atoms with Crippen LogP contribution in [0.25, 0.3) is 0 Å². The molecule has 0 unspecified atom stereocenters. The van der Waals surface area contributed by atoms with E-state index in [4.69, 9.17) is 5.21 Å². The summed E-state index contributed by atoms with van der Waals surface area (Å²) in [6.07, 6.45) is 4.60. The number of benzene rings is 1. The van der Waals surface area contributed by atoms with Crippen LogP contribution in [0.1, 0.15) is 16.7 Å². The van der Waals surface area contributed by atoms with E-state index in [0.717, 1.165) is 11.1 Å². The van der Waals surface area contributed by atoms with E-state index >= 15 is 0 Å². The van der Waals surface area contributed by atoms with Crippen molar-refractivity contribution in [3.63, 3.8) is 0 Å². The van der Waals surface area contributed by atoms with Crippen LogP contribution in [-0.4, -0.2) is 16.4 Å². The zero-order chi connectivity index (χ0) is 11.9. The minimum atomic E-state index is 0.715. The first-order valence-electron chi connectivity index (χ1n) is 5.08. The highest BCUT2D eigenvalue weighted by Crippen LogP contribution is 2.00. The Morgan fingerprint density at radius 2 is 1.82 bits per heavy atom. The van der Waals surface area contributed by atoms with Crippen LogP contribution in [0.4, 0.5) is 0 Å². The monoisotopic (exact) mass is 222 g/mol. The van der Waals surface area contributed by atoms with Gasteiger partial charge in [-0.05, 0) is 18.2 Å². The molecule has 0 spiro atoms. The maximum absolute atomic E-state index is 8.42. The molecule has 2 rings (SSSR count). The highest BCUT2D eigenvalue weighted by atomic mass is 16.4. The van der Waals surface area contributed by atoms with Crippen LogP contribution in [0.3, 0.4) is 0 Å². The van der Waals surface area contributed by atoms with Gasteiger partial charge in [-0.1, -0.05) is 35.2 Å². The second-order valence-electron chi connectivity index (χ2n) is 3.37. The number of nitrogens with zero attached hydrogens (tertiary/aromatic N) is 2. The zero-order valence-corrected chi connectivity index (χ0v) is 9.04. The summed E-state index contributed by atoms with van der Waals surface area (Å²) in [6.45, 7) is 0. The molecule has 0 saturated heterocycles. The van der Waals surface area contributed by atoms with Crippen LogP contribution in [0, 0.1) is 11.8 Å². The van der Waals surface area contributed by atoms with Crippen molar-refractivity contribution < 1.29 is 5.21 Å². The number of oxime groups is 1. The first kappa shape index (κ1) is 10.9. The van der Waals surface area contributed by atoms with E-state index in [-0.39, 0.29) is 0 Å². The summed E-state index contributed by atoms with van der Waals surface area (Å²) in [4.78, 5) is 4.01. The van der Waals surface area contributed by atoms with Gasteiger partial charge in [0.05, 0.1) is 6.21 Å². The predicted octanol–water partition coefficient (Wildman–Crippen LogP) is 2.29. The lowest BCUT2D eigenvalue weighted by molar-refractivity contribution is 0.322. The Balaban J connectivity index is 2.25. The molecule has 2 aromatic rings. The second-order valence-corrected chi connectivity index (χ2v) is 3.37. The molecule has 1 aromatic carbocycles. The zero-order valence-electron chi connectivity index (χ0n) is 9.04. The summed E-state index contributed by atoms with van der Waals surface area (Å²) in [7, 11) is 0. The summed E-state index contributed by atoms with van der Waals surface area (Å²) in [5.74, 6) is 6.04. The molecule has 3 heteroatoms. The maximum atomic E-state index is 8.42. The Bertz CT molecular complexity index is 580. The van der Waals surface area contributed by atoms with Crippen molar-refractivity contribution in [2.75, 3.05) is 0 Å². The second kappa shape index (κ2) is 5.47. The molecule has 0 aliphatic rings. The molecule has 0 saturated carbocycles. The van der Waals surface area contributed by atoms with E-state index in [2.05, 4.69) is 22.0 Å². The summed E-state index contributed by atoms with van der Waals surface area (Å²) in [6, 6.07) is 11.5. The quantitative estimate of drug-likeness (QED) is 0.348. The topological polar surface area (TPSA) is 45.5 Å². The standard InChI is InChI=1S/C14H10N2O/c17-16-11-14-8-13(9-15-10-14)7-6-12-4-2-1-3-5-12/h1-5,8-11,17H. The molecule has 0 amide bonds. The molecule has 1 N–H and O–H groups in total. The summed E-state index contributed by atoms with van der Waals surface area (Å²) >= 11 is 0. The van der Waals surface area contributed by atoms with Crippen molar-refractivity contribution in [1.29, 1.82) is 0 Å². The first-order valence-corrected chi connectivity index (χ1v) is 5.08. The molecular formula is C14H10N2O. The van der Waals surface area contributed by atoms with Crippen LogP contribution in [0.5, 0.6) is 0 Å². The number of hydrogen-bond acceptors (Lipinski definition) is 3. The van der Waals surface area contributed by atoms with Crippen molar-refractivity contribution in [3.8, 4) is 11.8 Å². The Kier molecular flexibility index (Phi) is 3.51. The molecule has 0 bridgehead atoms. The van der Waals surface area contributed by atoms with Gasteiger partial charge in [0.15, 0.2) is 0 Å². The number of hydrogen-bond donors (Lipinski definition) is 1. The normalized spacial score (nSPS) is 9.88. The molecule has 0 radical (unpaired) electrons. The minimum Gasteiger partial charge on any atom is -0.411 e. The first-order chi connectivity index (χ1) is 8.38. The van der Waals surface area contributed by atoms with Gasteiger partial charge in [0.1, 0.15) is 0 Å². The molecule has 0 aliphatic heterocycles. The lowest BCUT2D eigenvalue weighted by Crippen LogP contribution is -1.85. The highest BCUT2D eigenvalue weighted by Gasteiger charge is 1.91. The predicted molar refractivity (Wildman–Crippen MR) is 66.0 cm³/mol. The van der Waals surface area contributed by atoms with Crippen LogP contribution in [0.2, 0.25) is 0 Å². The van der Waals surface area contributed by atoms with E-state index in [1.54, 1.807) is 12.4 Å². The summed E-state index contributed by atoms with van der Waals surface area (Å²) in [5.41, 5.74) is 2.45. The molecule has 0 fully saturated rings. The van der Waals surface area contributed by atoms with Gasteiger partial charge in [-0.2, -0.15) is 0 Å². The fourth-order valence-electron chi connectivity index (χ4n) is 1.33. The average molecular weight is 222 g/mol. The maximum Gasteiger partial charge on any atom is 0.0749 e. The van der Waals surface area contributed by atoms with Gasteiger partial charge in [0.25, 0.3) is 0 Å². The van der Waals surface area contributed by atoms with Gasteiger partial charge in [0, 0.05) is 29.1 Å². The largest absolute Gasteiger partial charge is 0.411 e. The third kappa shape index (κ3) is 3.18. The van der Waals surface area contributed by atoms with E-state index in [1.807, 2.05) is 36.4 Å². The fourth-order valence-corrected chi connectivity index (χ4v) is 1.33. The summed E-state index contributed by atoms with van der Waals surface area (Å²) < 4.78 is 0. The van der Waals surface area contributed by atoms with Gasteiger partial charge in [-0.25, -0.2) is 0 Å². The molecule has 17 heavy (non-hydrogen) atoms. The molecule has 82 valence electrons. The highest BCUT2D eigenvalue weighted by molar-refractivity contribution is 5.79. The van der Waals surface area contributed by atoms with Gasteiger partial charge in [-0.3, -0.25) is 4.98 Å². The third-order valence-electron chi connectivity index (χ3n) is 2.09. The lowest BCUT2D eigenvalue weighted by atomic mass is 10.2. The fraction of sp³-hybridized carbons (Fsp3) is 0. The van der Waals surface area contributed by atoms with Crippen molar-refractivity contribution in [2.24, 2.45) is 5.16 Å². The van der Waals surface area contributed by atoms with E-state index < -0.39 is 0 Å². The molecule has 0 aliphatic carbocycles. The molecular weight excluding hydrogens is 212 g/mol. The Morgan fingerprint density at radius 3 is 2.59 bits per heavy atom. The molecule has 3 nitrogen and oxygen atoms in total. The van der Waals surface area contributed by atoms with Crippen molar-refractivity contribution in [1.82, 2.24) is 4.98 Å². The summed E-state index contributed by atoms with van der Waals surface area (Å²) in [5, 5.41) is 11.4. The molecule has 1 aromatic heterocycles. The van der Waals surface area contributed by atoms with Gasteiger partial charge in [0.2, 0.25) is 0 Å². The van der Waals surface area contributed by atoms with Crippen LogP contribution < -0.4 is 0 Å². The van der Waals surface area contributed by atoms with E-state index in [0.29, 0.717) is 5.56 Å². The SMILES string of the molecule is ON=Cc1cncc(C#Cc2ccccc2)c1. The lowest BCUT2D eigenvalue weighted by Gasteiger charge is -1.92. The number of aromatic nitrogens is 1. The van der Waals surface area contributed by atoms with E-state index in [9.17, 15) is 0 Å². The van der Waals surface area contributed by atoms with E-state index in [1.165, 1.54) is 6.21 Å². The van der Waals surface area contributed by atoms with Gasteiger partial charge >= 0.3 is 0 Å². The van der Waals surface area contributed by atoms with Crippen molar-refractivity contribution in [3.05, 3.63) is 65.5 Å². The number of pyridine rings is 1. The smallest absolute Gasteiger partial charge is 0.0749 e. The van der Waals surface area contributed by atoms with Crippen LogP contribution >= 0.6 is 0 Å². The third-order valence-corrected chi connectivity index (χ3v) is 2.09. The molecule has 0 atom stereocenters. The molecule has 1 heterocycles. The van der Waals surface area contributed by atoms with Gasteiger partial charge in [-0.15, -0.1) is 0 Å². The van der Waals surface area contributed by atoms with Crippen molar-refractivity contribution >= 4 is 6.21 Å².